The first-order valence-corrected chi connectivity index (χ1v) is 18.2. The van der Waals surface area contributed by atoms with Crippen LogP contribution in [0, 0.1) is 0 Å². The minimum absolute atomic E-state index is 0.00174. The summed E-state index contributed by atoms with van der Waals surface area (Å²) in [5.41, 5.74) is 12.2. The molecule has 24 nitrogen and oxygen atoms in total. The molecule has 0 aliphatic carbocycles. The van der Waals surface area contributed by atoms with Gasteiger partial charge in [0, 0.05) is 0 Å². The van der Waals surface area contributed by atoms with Crippen molar-refractivity contribution < 1.29 is 69.9 Å². The van der Waals surface area contributed by atoms with Crippen molar-refractivity contribution in [3.8, 4) is 0 Å². The second-order valence-electron chi connectivity index (χ2n) is 11.7. The number of fused-ring (bicyclic) bond motifs is 5. The standard InChI is InChI=1S/C25H31FN10O14P2/c1-10(2)46-25(38)42-9-45-52(41)44-4-12-17(13(26)23(48-12)35-7-33-14-19(27)29-5-31-21(14)35)49-51(39,40)43-3-11-16(37)18(50-52)24(47-11)36-8-34-15-20(28)30-6-32-22(15)36/h5-8,10-13,16-18,23-24,37H,3-4,9H2,1-2H3,(H,39,40)(H2,27,29,31)(H2,28,30,32)/t11-,12-,13?,16?,17?,18?,23-,24-,52?/m1/s1. The predicted octanol–water partition coefficient (Wildman–Crippen LogP) is 0.886. The van der Waals surface area contributed by atoms with Crippen molar-refractivity contribution in [2.45, 2.75) is 69.1 Å². The van der Waals surface area contributed by atoms with E-state index < -0.39 is 97.1 Å². The van der Waals surface area contributed by atoms with E-state index in [2.05, 4.69) is 29.9 Å². The number of aromatic nitrogens is 8. The number of carbonyl (C=O) groups is 1. The van der Waals surface area contributed by atoms with Gasteiger partial charge in [0.05, 0.1) is 32.0 Å². The number of aliphatic hydroxyl groups excluding tert-OH is 1. The SMILES string of the molecule is CC(C)OC(=O)OCOP1(=O)OC[C@H]2O[C@@H](n3cnc4c(N)ncnc43)C(F)C2OP(=O)(O)OC[C@H]2O[C@@H](n3cnc4c(N)ncnc43)C(O1)C2O. The molecule has 27 heteroatoms. The first-order valence-electron chi connectivity index (χ1n) is 15.3. The van der Waals surface area contributed by atoms with E-state index in [9.17, 15) is 23.9 Å². The molecule has 10 atom stereocenters. The van der Waals surface area contributed by atoms with E-state index in [1.165, 1.54) is 10.9 Å². The smallest absolute Gasteiger partial charge is 0.432 e. The van der Waals surface area contributed by atoms with Gasteiger partial charge >= 0.3 is 21.8 Å². The Morgan fingerprint density at radius 3 is 2.15 bits per heavy atom. The van der Waals surface area contributed by atoms with Gasteiger partial charge in [-0.2, -0.15) is 0 Å². The fraction of sp³-hybridized carbons (Fsp3) is 0.560. The number of phosphoric acid groups is 2. The number of hydrogen-bond acceptors (Lipinski definition) is 21. The molecule has 0 saturated carbocycles. The summed E-state index contributed by atoms with van der Waals surface area (Å²) in [6, 6.07) is 0. The minimum Gasteiger partial charge on any atom is -0.432 e. The Morgan fingerprint density at radius 2 is 1.52 bits per heavy atom. The molecule has 3 fully saturated rings. The third-order valence-electron chi connectivity index (χ3n) is 7.93. The average molecular weight is 777 g/mol. The molecule has 4 aromatic heterocycles. The van der Waals surface area contributed by atoms with Gasteiger partial charge in [0.2, 0.25) is 6.79 Å². The summed E-state index contributed by atoms with van der Waals surface area (Å²) in [4.78, 5) is 46.9. The van der Waals surface area contributed by atoms with Crippen molar-refractivity contribution in [1.82, 2.24) is 39.0 Å². The molecule has 282 valence electrons. The van der Waals surface area contributed by atoms with Gasteiger partial charge in [-0.3, -0.25) is 27.2 Å². The quantitative estimate of drug-likeness (QED) is 0.120. The molecule has 0 radical (unpaired) electrons. The number of ether oxygens (including phenoxy) is 4. The van der Waals surface area contributed by atoms with Crippen molar-refractivity contribution >= 4 is 55.8 Å². The van der Waals surface area contributed by atoms with Gasteiger partial charge in [-0.25, -0.2) is 52.7 Å². The van der Waals surface area contributed by atoms with Gasteiger partial charge < -0.3 is 40.4 Å². The van der Waals surface area contributed by atoms with Crippen LogP contribution < -0.4 is 11.5 Å². The number of imidazole rings is 2. The Kier molecular flexibility index (Phi) is 9.86. The Hall–Kier alpha value is -4.00. The van der Waals surface area contributed by atoms with Crippen LogP contribution >= 0.6 is 15.6 Å². The maximum atomic E-state index is 16.2. The Morgan fingerprint density at radius 1 is 0.923 bits per heavy atom. The predicted molar refractivity (Wildman–Crippen MR) is 166 cm³/mol. The minimum atomic E-state index is -5.18. The number of hydrogen-bond donors (Lipinski definition) is 4. The monoisotopic (exact) mass is 776 g/mol. The van der Waals surface area contributed by atoms with E-state index >= 15 is 4.39 Å². The molecule has 2 bridgehead atoms. The maximum Gasteiger partial charge on any atom is 0.510 e. The number of alkyl halides is 1. The fourth-order valence-corrected chi connectivity index (χ4v) is 7.80. The van der Waals surface area contributed by atoms with Crippen molar-refractivity contribution in [3.63, 3.8) is 0 Å². The molecule has 4 aromatic rings. The number of halogens is 1. The summed E-state index contributed by atoms with van der Waals surface area (Å²) in [5, 5.41) is 11.3. The Balaban J connectivity index is 1.22. The molecule has 6 N–H and O–H groups in total. The first-order chi connectivity index (χ1) is 24.7. The third-order valence-corrected chi connectivity index (χ3v) is 10.3. The summed E-state index contributed by atoms with van der Waals surface area (Å²) in [6.07, 6.45) is -11.0. The van der Waals surface area contributed by atoms with Gasteiger partial charge in [-0.15, -0.1) is 0 Å². The van der Waals surface area contributed by atoms with Gasteiger partial charge in [0.1, 0.15) is 54.2 Å². The summed E-state index contributed by atoms with van der Waals surface area (Å²) < 4.78 is 94.8. The van der Waals surface area contributed by atoms with Crippen LogP contribution in [0.3, 0.4) is 0 Å². The molecule has 3 saturated heterocycles. The molecule has 7 heterocycles. The average Bonchev–Trinajstić information content (AvgIpc) is 3.84. The van der Waals surface area contributed by atoms with Crippen molar-refractivity contribution in [3.05, 3.63) is 25.3 Å². The van der Waals surface area contributed by atoms with Gasteiger partial charge in [-0.05, 0) is 13.8 Å². The van der Waals surface area contributed by atoms with Crippen LogP contribution in [0.1, 0.15) is 26.3 Å². The lowest BCUT2D eigenvalue weighted by Gasteiger charge is -2.27. The number of anilines is 2. The lowest BCUT2D eigenvalue weighted by atomic mass is 10.1. The number of nitrogens with zero attached hydrogens (tertiary/aromatic N) is 8. The fourth-order valence-electron chi connectivity index (χ4n) is 5.61. The topological polar surface area (TPSA) is 314 Å². The van der Waals surface area contributed by atoms with Crippen molar-refractivity contribution in [2.75, 3.05) is 31.5 Å². The second kappa shape index (κ2) is 14.1. The number of aliphatic hydroxyl groups is 1. The lowest BCUT2D eigenvalue weighted by Crippen LogP contribution is -2.35. The zero-order valence-electron chi connectivity index (χ0n) is 26.9. The highest BCUT2D eigenvalue weighted by molar-refractivity contribution is 7.48. The van der Waals surface area contributed by atoms with Crippen LogP contribution in [-0.2, 0) is 50.7 Å². The van der Waals surface area contributed by atoms with E-state index in [0.29, 0.717) is 0 Å². The van der Waals surface area contributed by atoms with Crippen LogP contribution in [0.25, 0.3) is 22.3 Å². The van der Waals surface area contributed by atoms with E-state index in [4.69, 9.17) is 53.0 Å². The molecule has 3 aliphatic rings. The summed E-state index contributed by atoms with van der Waals surface area (Å²) in [5.74, 6) is -0.0163. The third kappa shape index (κ3) is 7.04. The number of nitrogens with two attached hydrogens (primary N) is 2. The molecule has 7 rings (SSSR count). The molecular weight excluding hydrogens is 745 g/mol. The molecule has 52 heavy (non-hydrogen) atoms. The van der Waals surface area contributed by atoms with Crippen LogP contribution in [0.15, 0.2) is 25.3 Å². The van der Waals surface area contributed by atoms with Crippen LogP contribution in [0.4, 0.5) is 20.8 Å². The number of phosphoric ester groups is 2. The zero-order chi connectivity index (χ0) is 36.9. The summed E-state index contributed by atoms with van der Waals surface area (Å²) in [7, 11) is -10.2. The lowest BCUT2D eigenvalue weighted by molar-refractivity contribution is -0.0770. The van der Waals surface area contributed by atoms with Crippen LogP contribution in [0.5, 0.6) is 0 Å². The highest BCUT2D eigenvalue weighted by Gasteiger charge is 2.55. The number of nitrogen functional groups attached to an aromatic ring is 2. The molecular formula is C25H31FN10O14P2. The number of carbonyl (C=O) groups excluding carboxylic acids is 1. The maximum absolute atomic E-state index is 16.2. The van der Waals surface area contributed by atoms with Crippen LogP contribution in [0.2, 0.25) is 0 Å². The van der Waals surface area contributed by atoms with Crippen LogP contribution in [-0.4, -0.2) is 118 Å². The van der Waals surface area contributed by atoms with Gasteiger partial charge in [0.15, 0.2) is 41.6 Å². The summed E-state index contributed by atoms with van der Waals surface area (Å²) in [6.45, 7) is 0.296. The second-order valence-corrected chi connectivity index (χ2v) is 14.7. The van der Waals surface area contributed by atoms with E-state index in [-0.39, 0.29) is 34.0 Å². The van der Waals surface area contributed by atoms with Crippen molar-refractivity contribution in [1.29, 1.82) is 0 Å². The Labute approximate surface area is 290 Å². The first kappa shape index (κ1) is 36.4. The van der Waals surface area contributed by atoms with Gasteiger partial charge in [-0.1, -0.05) is 0 Å². The van der Waals surface area contributed by atoms with E-state index in [0.717, 1.165) is 23.5 Å². The Bertz CT molecular complexity index is 2060. The molecule has 0 spiro atoms. The normalized spacial score (nSPS) is 34.1. The zero-order valence-corrected chi connectivity index (χ0v) is 28.7. The highest BCUT2D eigenvalue weighted by Crippen LogP contribution is 2.56. The van der Waals surface area contributed by atoms with Gasteiger partial charge in [0.25, 0.3) is 0 Å². The molecule has 0 amide bonds. The largest absolute Gasteiger partial charge is 0.510 e. The van der Waals surface area contributed by atoms with E-state index in [1.807, 2.05) is 0 Å². The molecule has 0 aromatic carbocycles. The van der Waals surface area contributed by atoms with E-state index in [1.54, 1.807) is 13.8 Å². The van der Waals surface area contributed by atoms with Crippen molar-refractivity contribution in [2.24, 2.45) is 0 Å². The highest BCUT2D eigenvalue weighted by atomic mass is 31.2. The summed E-state index contributed by atoms with van der Waals surface area (Å²) >= 11 is 0. The molecule has 6 unspecified atom stereocenters. The molecule has 3 aliphatic heterocycles. The number of rotatable bonds is 6.